The van der Waals surface area contributed by atoms with Crippen molar-refractivity contribution in [2.75, 3.05) is 6.61 Å². The van der Waals surface area contributed by atoms with E-state index in [0.717, 1.165) is 0 Å². The van der Waals surface area contributed by atoms with Crippen molar-refractivity contribution in [3.05, 3.63) is 28.8 Å². The van der Waals surface area contributed by atoms with Gasteiger partial charge < -0.3 is 4.74 Å². The number of carbonyl (C=O) groups excluding carboxylic acids is 1. The number of ether oxygens (including phenoxy) is 1. The van der Waals surface area contributed by atoms with Gasteiger partial charge in [-0.25, -0.2) is 0 Å². The Balaban J connectivity index is 2.95. The van der Waals surface area contributed by atoms with E-state index >= 15 is 0 Å². The number of rotatable bonds is 3. The second kappa shape index (κ2) is 4.54. The van der Waals surface area contributed by atoms with Gasteiger partial charge in [0.1, 0.15) is 12.4 Å². The normalized spacial score (nSPS) is 8.92. The topological polar surface area (TPSA) is 26.3 Å². The predicted molar refractivity (Wildman–Crippen MR) is 51.2 cm³/mol. The SMILES string of the molecule is C#CCOc1cc(Cl)ccc1C=O. The van der Waals surface area contributed by atoms with Gasteiger partial charge in [-0.1, -0.05) is 17.5 Å². The molecule has 0 N–H and O–H groups in total. The molecule has 0 aromatic heterocycles. The summed E-state index contributed by atoms with van der Waals surface area (Å²) in [5, 5.41) is 0.512. The quantitative estimate of drug-likeness (QED) is 0.545. The van der Waals surface area contributed by atoms with Gasteiger partial charge in [0, 0.05) is 5.02 Å². The largest absolute Gasteiger partial charge is 0.480 e. The summed E-state index contributed by atoms with van der Waals surface area (Å²) >= 11 is 5.71. The molecular formula is C10H7ClO2. The van der Waals surface area contributed by atoms with Crippen molar-refractivity contribution in [1.29, 1.82) is 0 Å². The summed E-state index contributed by atoms with van der Waals surface area (Å²) in [6, 6.07) is 4.76. The summed E-state index contributed by atoms with van der Waals surface area (Å²) in [5.41, 5.74) is 0.444. The van der Waals surface area contributed by atoms with Crippen LogP contribution in [0.4, 0.5) is 0 Å². The maximum atomic E-state index is 10.5. The van der Waals surface area contributed by atoms with Gasteiger partial charge in [0.15, 0.2) is 6.29 Å². The maximum absolute atomic E-state index is 10.5. The minimum absolute atomic E-state index is 0.126. The highest BCUT2D eigenvalue weighted by atomic mass is 35.5. The number of terminal acetylenes is 1. The minimum Gasteiger partial charge on any atom is -0.480 e. The van der Waals surface area contributed by atoms with Crippen LogP contribution in [-0.4, -0.2) is 12.9 Å². The van der Waals surface area contributed by atoms with E-state index in [-0.39, 0.29) is 6.61 Å². The Hall–Kier alpha value is -1.46. The molecule has 1 aromatic rings. The average Bonchev–Trinajstić information content (AvgIpc) is 2.15. The molecule has 0 spiro atoms. The van der Waals surface area contributed by atoms with E-state index in [9.17, 15) is 4.79 Å². The van der Waals surface area contributed by atoms with Crippen molar-refractivity contribution in [3.63, 3.8) is 0 Å². The highest BCUT2D eigenvalue weighted by Crippen LogP contribution is 2.21. The van der Waals surface area contributed by atoms with Crippen LogP contribution < -0.4 is 4.74 Å². The molecule has 0 aliphatic heterocycles. The van der Waals surface area contributed by atoms with E-state index in [1.807, 2.05) is 0 Å². The van der Waals surface area contributed by atoms with Crippen LogP contribution in [0.15, 0.2) is 18.2 Å². The Morgan fingerprint density at radius 2 is 2.38 bits per heavy atom. The molecule has 0 fully saturated rings. The standard InChI is InChI=1S/C10H7ClO2/c1-2-5-13-10-6-9(11)4-3-8(10)7-12/h1,3-4,6-7H,5H2. The highest BCUT2D eigenvalue weighted by Gasteiger charge is 2.02. The lowest BCUT2D eigenvalue weighted by Gasteiger charge is -2.04. The summed E-state index contributed by atoms with van der Waals surface area (Å²) in [5.74, 6) is 2.72. The molecule has 2 nitrogen and oxygen atoms in total. The molecule has 0 saturated heterocycles. The second-order valence-electron chi connectivity index (χ2n) is 2.29. The third-order valence-electron chi connectivity index (χ3n) is 1.41. The van der Waals surface area contributed by atoms with Crippen molar-refractivity contribution >= 4 is 17.9 Å². The van der Waals surface area contributed by atoms with Crippen LogP contribution in [-0.2, 0) is 0 Å². The molecule has 0 aliphatic carbocycles. The van der Waals surface area contributed by atoms with Gasteiger partial charge in [0.05, 0.1) is 5.56 Å². The molecule has 13 heavy (non-hydrogen) atoms. The first-order valence-corrected chi connectivity index (χ1v) is 3.96. The summed E-state index contributed by atoms with van der Waals surface area (Å²) in [6.07, 6.45) is 5.71. The summed E-state index contributed by atoms with van der Waals surface area (Å²) < 4.78 is 5.11. The Kier molecular flexibility index (Phi) is 3.36. The zero-order chi connectivity index (χ0) is 9.68. The predicted octanol–water partition coefficient (Wildman–Crippen LogP) is 2.16. The molecular weight excluding hydrogens is 188 g/mol. The number of halogens is 1. The molecule has 0 atom stereocenters. The zero-order valence-corrected chi connectivity index (χ0v) is 7.54. The fourth-order valence-electron chi connectivity index (χ4n) is 0.850. The van der Waals surface area contributed by atoms with Crippen LogP contribution in [0.25, 0.3) is 0 Å². The fourth-order valence-corrected chi connectivity index (χ4v) is 1.01. The first-order valence-electron chi connectivity index (χ1n) is 3.59. The van der Waals surface area contributed by atoms with E-state index in [1.165, 1.54) is 0 Å². The van der Waals surface area contributed by atoms with E-state index in [4.69, 9.17) is 22.8 Å². The molecule has 0 saturated carbocycles. The number of benzene rings is 1. The van der Waals surface area contributed by atoms with Crippen molar-refractivity contribution in [2.45, 2.75) is 0 Å². The van der Waals surface area contributed by atoms with Crippen LogP contribution in [0.2, 0.25) is 5.02 Å². The number of carbonyl (C=O) groups is 1. The number of aldehydes is 1. The van der Waals surface area contributed by atoms with Crippen molar-refractivity contribution in [3.8, 4) is 18.1 Å². The van der Waals surface area contributed by atoms with E-state index in [0.29, 0.717) is 22.6 Å². The summed E-state index contributed by atoms with van der Waals surface area (Å²) in [7, 11) is 0. The van der Waals surface area contributed by atoms with Gasteiger partial charge >= 0.3 is 0 Å². The zero-order valence-electron chi connectivity index (χ0n) is 6.79. The van der Waals surface area contributed by atoms with Crippen LogP contribution in [0.5, 0.6) is 5.75 Å². The summed E-state index contributed by atoms with van der Waals surface area (Å²) in [4.78, 5) is 10.5. The first-order chi connectivity index (χ1) is 6.27. The van der Waals surface area contributed by atoms with Crippen molar-refractivity contribution < 1.29 is 9.53 Å². The van der Waals surface area contributed by atoms with E-state index in [1.54, 1.807) is 18.2 Å². The molecule has 0 bridgehead atoms. The molecule has 1 aromatic carbocycles. The average molecular weight is 195 g/mol. The highest BCUT2D eigenvalue weighted by molar-refractivity contribution is 6.30. The van der Waals surface area contributed by atoms with Gasteiger partial charge in [-0.05, 0) is 18.2 Å². The second-order valence-corrected chi connectivity index (χ2v) is 2.73. The van der Waals surface area contributed by atoms with Crippen LogP contribution in [0.3, 0.4) is 0 Å². The van der Waals surface area contributed by atoms with Gasteiger partial charge in [-0.2, -0.15) is 0 Å². The Bertz CT molecular complexity index is 352. The Morgan fingerprint density at radius 3 is 3.00 bits per heavy atom. The first kappa shape index (κ1) is 9.63. The fraction of sp³-hybridized carbons (Fsp3) is 0.100. The van der Waals surface area contributed by atoms with Gasteiger partial charge in [0.25, 0.3) is 0 Å². The van der Waals surface area contributed by atoms with Crippen LogP contribution in [0, 0.1) is 12.3 Å². The lowest BCUT2D eigenvalue weighted by atomic mass is 10.2. The Morgan fingerprint density at radius 1 is 1.62 bits per heavy atom. The molecule has 66 valence electrons. The number of hydrogen-bond donors (Lipinski definition) is 0. The Labute approximate surface area is 81.5 Å². The number of hydrogen-bond acceptors (Lipinski definition) is 2. The summed E-state index contributed by atoms with van der Waals surface area (Å²) in [6.45, 7) is 0.126. The van der Waals surface area contributed by atoms with E-state index < -0.39 is 0 Å². The van der Waals surface area contributed by atoms with Crippen molar-refractivity contribution in [1.82, 2.24) is 0 Å². The molecule has 3 heteroatoms. The monoisotopic (exact) mass is 194 g/mol. The minimum atomic E-state index is 0.126. The van der Waals surface area contributed by atoms with Crippen molar-refractivity contribution in [2.24, 2.45) is 0 Å². The lowest BCUT2D eigenvalue weighted by molar-refractivity contribution is 0.112. The third-order valence-corrected chi connectivity index (χ3v) is 1.65. The molecule has 0 unspecified atom stereocenters. The van der Waals surface area contributed by atoms with Crippen LogP contribution >= 0.6 is 11.6 Å². The molecule has 0 amide bonds. The van der Waals surface area contributed by atoms with Gasteiger partial charge in [-0.3, -0.25) is 4.79 Å². The van der Waals surface area contributed by atoms with Gasteiger partial charge in [-0.15, -0.1) is 6.42 Å². The maximum Gasteiger partial charge on any atom is 0.153 e. The molecule has 0 radical (unpaired) electrons. The van der Waals surface area contributed by atoms with Crippen LogP contribution in [0.1, 0.15) is 10.4 Å². The van der Waals surface area contributed by atoms with E-state index in [2.05, 4.69) is 5.92 Å². The lowest BCUT2D eigenvalue weighted by Crippen LogP contribution is -1.96. The third kappa shape index (κ3) is 2.50. The van der Waals surface area contributed by atoms with Gasteiger partial charge in [0.2, 0.25) is 0 Å². The molecule has 1 rings (SSSR count). The molecule has 0 aliphatic rings. The molecule has 0 heterocycles. The smallest absolute Gasteiger partial charge is 0.153 e.